The van der Waals surface area contributed by atoms with Crippen LogP contribution in [0.25, 0.3) is 0 Å². The molecule has 3 aromatic rings. The van der Waals surface area contributed by atoms with Crippen LogP contribution in [0.1, 0.15) is 40.6 Å². The van der Waals surface area contributed by atoms with E-state index in [9.17, 15) is 13.2 Å². The molecule has 9 heteroatoms. The zero-order valence-electron chi connectivity index (χ0n) is 16.6. The summed E-state index contributed by atoms with van der Waals surface area (Å²) in [4.78, 5) is 17.8. The van der Waals surface area contributed by atoms with Gasteiger partial charge in [-0.25, -0.2) is 13.4 Å². The highest BCUT2D eigenvalue weighted by molar-refractivity contribution is 7.91. The Hall–Kier alpha value is -2.07. The number of thiazole rings is 1. The number of hydrogen-bond donors (Lipinski definition) is 1. The Labute approximate surface area is 184 Å². The summed E-state index contributed by atoms with van der Waals surface area (Å²) in [7, 11) is -3.46. The molecule has 0 aliphatic carbocycles. The molecule has 30 heavy (non-hydrogen) atoms. The second-order valence-corrected chi connectivity index (χ2v) is 11.2. The topological polar surface area (TPSA) is 79.4 Å². The summed E-state index contributed by atoms with van der Waals surface area (Å²) in [6.45, 7) is 3.03. The van der Waals surface area contributed by atoms with E-state index in [-0.39, 0.29) is 11.8 Å². The number of carbonyl (C=O) groups excluding carboxylic acids is 1. The van der Waals surface area contributed by atoms with E-state index in [4.69, 9.17) is 0 Å². The van der Waals surface area contributed by atoms with Crippen molar-refractivity contribution in [3.63, 3.8) is 0 Å². The van der Waals surface area contributed by atoms with E-state index >= 15 is 0 Å². The highest BCUT2D eigenvalue weighted by atomic mass is 32.2. The van der Waals surface area contributed by atoms with E-state index in [0.29, 0.717) is 32.9 Å². The smallest absolute Gasteiger partial charge is 0.252 e. The standard InChI is InChI=1S/C21H23N3O3S3/c1-2-15-7-3-4-9-17(15)20(25)18-14-23-21(29-18)22-13-16-8-5-11-24(16)30(26,27)19-10-6-12-28-19/h3-4,6-7,9-10,12,14,16H,2,5,8,11,13H2,1H3,(H,22,23)/t16-/m0/s1. The van der Waals surface area contributed by atoms with Crippen LogP contribution in [0.5, 0.6) is 0 Å². The van der Waals surface area contributed by atoms with Gasteiger partial charge in [0.05, 0.1) is 11.1 Å². The van der Waals surface area contributed by atoms with Crippen molar-refractivity contribution in [2.45, 2.75) is 36.4 Å². The zero-order valence-corrected chi connectivity index (χ0v) is 19.0. The summed E-state index contributed by atoms with van der Waals surface area (Å²) in [6.07, 6.45) is 4.03. The van der Waals surface area contributed by atoms with Gasteiger partial charge in [-0.1, -0.05) is 48.6 Å². The molecule has 6 nitrogen and oxygen atoms in total. The van der Waals surface area contributed by atoms with Gasteiger partial charge in [0, 0.05) is 24.7 Å². The molecule has 4 rings (SSSR count). The van der Waals surface area contributed by atoms with E-state index in [1.165, 1.54) is 22.7 Å². The fraction of sp³-hybridized carbons (Fsp3) is 0.333. The van der Waals surface area contributed by atoms with Gasteiger partial charge in [-0.15, -0.1) is 11.3 Å². The first kappa shape index (κ1) is 21.2. The van der Waals surface area contributed by atoms with Crippen LogP contribution in [-0.4, -0.2) is 42.6 Å². The molecule has 1 aromatic carbocycles. The minimum atomic E-state index is -3.46. The summed E-state index contributed by atoms with van der Waals surface area (Å²) in [5.74, 6) is -0.0271. The van der Waals surface area contributed by atoms with E-state index in [0.717, 1.165) is 24.8 Å². The zero-order chi connectivity index (χ0) is 21.1. The summed E-state index contributed by atoms with van der Waals surface area (Å²) in [5.41, 5.74) is 1.73. The van der Waals surface area contributed by atoms with Gasteiger partial charge < -0.3 is 5.32 Å². The van der Waals surface area contributed by atoms with Crippen LogP contribution in [-0.2, 0) is 16.4 Å². The normalized spacial score (nSPS) is 17.3. The van der Waals surface area contributed by atoms with Gasteiger partial charge in [0.2, 0.25) is 5.78 Å². The number of aryl methyl sites for hydroxylation is 1. The third-order valence-electron chi connectivity index (χ3n) is 5.24. The molecular formula is C21H23N3O3S3. The van der Waals surface area contributed by atoms with Crippen molar-refractivity contribution in [3.05, 3.63) is 64.0 Å². The predicted molar refractivity (Wildman–Crippen MR) is 121 cm³/mol. The summed E-state index contributed by atoms with van der Waals surface area (Å²) < 4.78 is 27.7. The number of anilines is 1. The van der Waals surface area contributed by atoms with Gasteiger partial charge in [0.1, 0.15) is 4.21 Å². The number of rotatable bonds is 8. The third-order valence-corrected chi connectivity index (χ3v) is 9.52. The Balaban J connectivity index is 1.44. The predicted octanol–water partition coefficient (Wildman–Crippen LogP) is 4.26. The summed E-state index contributed by atoms with van der Waals surface area (Å²) in [5, 5.41) is 5.65. The van der Waals surface area contributed by atoms with Crippen LogP contribution in [0, 0.1) is 0 Å². The largest absolute Gasteiger partial charge is 0.360 e. The molecule has 1 aliphatic rings. The lowest BCUT2D eigenvalue weighted by molar-refractivity contribution is 0.104. The molecule has 0 spiro atoms. The highest BCUT2D eigenvalue weighted by Crippen LogP contribution is 2.29. The maximum atomic E-state index is 12.9. The Bertz CT molecular complexity index is 1120. The van der Waals surface area contributed by atoms with Crippen molar-refractivity contribution in [2.24, 2.45) is 0 Å². The first-order valence-electron chi connectivity index (χ1n) is 9.88. The van der Waals surface area contributed by atoms with Crippen LogP contribution in [0.4, 0.5) is 5.13 Å². The molecule has 1 fully saturated rings. The van der Waals surface area contributed by atoms with E-state index in [1.54, 1.807) is 28.0 Å². The van der Waals surface area contributed by atoms with Crippen molar-refractivity contribution in [2.75, 3.05) is 18.4 Å². The summed E-state index contributed by atoms with van der Waals surface area (Å²) in [6, 6.07) is 10.9. The Kier molecular flexibility index (Phi) is 6.33. The molecule has 1 atom stereocenters. The minimum absolute atomic E-state index is 0.0271. The average molecular weight is 462 g/mol. The Morgan fingerprint density at radius 2 is 2.10 bits per heavy atom. The molecule has 0 radical (unpaired) electrons. The lowest BCUT2D eigenvalue weighted by Crippen LogP contribution is -2.39. The molecule has 158 valence electrons. The molecular weight excluding hydrogens is 438 g/mol. The second-order valence-electron chi connectivity index (χ2n) is 7.09. The SMILES string of the molecule is CCc1ccccc1C(=O)c1cnc(NC[C@@H]2CCCN2S(=O)(=O)c2cccs2)s1. The molecule has 3 heterocycles. The maximum Gasteiger partial charge on any atom is 0.252 e. The van der Waals surface area contributed by atoms with E-state index < -0.39 is 10.0 Å². The number of benzene rings is 1. The van der Waals surface area contributed by atoms with Crippen LogP contribution in [0.15, 0.2) is 52.2 Å². The van der Waals surface area contributed by atoms with Crippen LogP contribution in [0.2, 0.25) is 0 Å². The van der Waals surface area contributed by atoms with Gasteiger partial charge >= 0.3 is 0 Å². The quantitative estimate of drug-likeness (QED) is 0.507. The first-order chi connectivity index (χ1) is 14.5. The molecule has 0 saturated carbocycles. The second kappa shape index (κ2) is 8.97. The number of hydrogen-bond acceptors (Lipinski definition) is 7. The minimum Gasteiger partial charge on any atom is -0.360 e. The van der Waals surface area contributed by atoms with Crippen molar-refractivity contribution in [3.8, 4) is 0 Å². The maximum absolute atomic E-state index is 12.9. The Morgan fingerprint density at radius 3 is 2.87 bits per heavy atom. The lowest BCUT2D eigenvalue weighted by Gasteiger charge is -2.23. The van der Waals surface area contributed by atoms with Gasteiger partial charge in [-0.05, 0) is 36.3 Å². The monoisotopic (exact) mass is 461 g/mol. The number of aromatic nitrogens is 1. The molecule has 1 aliphatic heterocycles. The third kappa shape index (κ3) is 4.20. The Morgan fingerprint density at radius 1 is 1.27 bits per heavy atom. The van der Waals surface area contributed by atoms with Crippen LogP contribution in [0.3, 0.4) is 0 Å². The number of thiophene rings is 1. The average Bonchev–Trinajstić information content (AvgIpc) is 3.53. The number of nitrogens with zero attached hydrogens (tertiary/aromatic N) is 2. The molecule has 2 aromatic heterocycles. The first-order valence-corrected chi connectivity index (χ1v) is 13.0. The van der Waals surface area contributed by atoms with Crippen molar-refractivity contribution >= 4 is 43.6 Å². The molecule has 0 bridgehead atoms. The number of nitrogens with one attached hydrogen (secondary N) is 1. The van der Waals surface area contributed by atoms with Crippen molar-refractivity contribution < 1.29 is 13.2 Å². The van der Waals surface area contributed by atoms with Crippen LogP contribution < -0.4 is 5.32 Å². The molecule has 0 amide bonds. The highest BCUT2D eigenvalue weighted by Gasteiger charge is 2.35. The van der Waals surface area contributed by atoms with Gasteiger partial charge in [0.25, 0.3) is 10.0 Å². The number of sulfonamides is 1. The number of ketones is 1. The van der Waals surface area contributed by atoms with E-state index in [2.05, 4.69) is 10.3 Å². The number of carbonyl (C=O) groups is 1. The van der Waals surface area contributed by atoms with Crippen molar-refractivity contribution in [1.82, 2.24) is 9.29 Å². The lowest BCUT2D eigenvalue weighted by atomic mass is 10.0. The summed E-state index contributed by atoms with van der Waals surface area (Å²) >= 11 is 2.55. The van der Waals surface area contributed by atoms with Crippen LogP contribution >= 0.6 is 22.7 Å². The molecule has 1 saturated heterocycles. The fourth-order valence-electron chi connectivity index (χ4n) is 3.70. The van der Waals surface area contributed by atoms with Gasteiger partial charge in [-0.2, -0.15) is 4.31 Å². The van der Waals surface area contributed by atoms with Gasteiger partial charge in [0.15, 0.2) is 5.13 Å². The van der Waals surface area contributed by atoms with E-state index in [1.807, 2.05) is 31.2 Å². The molecule has 0 unspecified atom stereocenters. The van der Waals surface area contributed by atoms with Gasteiger partial charge in [-0.3, -0.25) is 4.79 Å². The van der Waals surface area contributed by atoms with Crippen molar-refractivity contribution in [1.29, 1.82) is 0 Å². The fourth-order valence-corrected chi connectivity index (χ4v) is 7.29. The molecule has 1 N–H and O–H groups in total.